The molecule has 0 radical (unpaired) electrons. The number of hydrogen-bond acceptors (Lipinski definition) is 5. The molecule has 20 heavy (non-hydrogen) atoms. The second-order valence-electron chi connectivity index (χ2n) is 4.29. The number of rotatable bonds is 7. The fourth-order valence-electron chi connectivity index (χ4n) is 1.71. The zero-order valence-electron chi connectivity index (χ0n) is 11.8. The summed E-state index contributed by atoms with van der Waals surface area (Å²) < 4.78 is 10.9. The molecule has 0 unspecified atom stereocenters. The first kappa shape index (κ1) is 14.3. The molecule has 0 aliphatic rings. The topological polar surface area (TPSA) is 56.3 Å². The van der Waals surface area contributed by atoms with E-state index in [0.29, 0.717) is 17.4 Å². The van der Waals surface area contributed by atoms with Crippen molar-refractivity contribution in [1.82, 2.24) is 15.5 Å². The number of para-hydroxylation sites is 2. The van der Waals surface area contributed by atoms with E-state index >= 15 is 0 Å². The van der Waals surface area contributed by atoms with Crippen LogP contribution >= 0.6 is 0 Å². The molecular formula is C15H19N3O2. The second kappa shape index (κ2) is 7.45. The molecule has 0 bridgehead atoms. The van der Waals surface area contributed by atoms with Crippen LogP contribution in [-0.2, 0) is 6.54 Å². The van der Waals surface area contributed by atoms with E-state index in [2.05, 4.69) is 22.4 Å². The van der Waals surface area contributed by atoms with Crippen molar-refractivity contribution < 1.29 is 9.47 Å². The van der Waals surface area contributed by atoms with Crippen LogP contribution in [0.4, 0.5) is 0 Å². The van der Waals surface area contributed by atoms with E-state index in [9.17, 15) is 0 Å². The first-order valence-corrected chi connectivity index (χ1v) is 6.67. The van der Waals surface area contributed by atoms with Crippen LogP contribution in [0.3, 0.4) is 0 Å². The van der Waals surface area contributed by atoms with Gasteiger partial charge in [-0.15, -0.1) is 5.10 Å². The predicted molar refractivity (Wildman–Crippen MR) is 77.1 cm³/mol. The van der Waals surface area contributed by atoms with Gasteiger partial charge in [0.1, 0.15) is 0 Å². The maximum Gasteiger partial charge on any atom is 0.239 e. The Balaban J connectivity index is 1.99. The van der Waals surface area contributed by atoms with E-state index in [0.717, 1.165) is 25.2 Å². The Labute approximate surface area is 118 Å². The fourth-order valence-corrected chi connectivity index (χ4v) is 1.71. The quantitative estimate of drug-likeness (QED) is 0.786. The smallest absolute Gasteiger partial charge is 0.239 e. The summed E-state index contributed by atoms with van der Waals surface area (Å²) in [5.74, 6) is 1.75. The summed E-state index contributed by atoms with van der Waals surface area (Å²) in [6.45, 7) is 3.82. The van der Waals surface area contributed by atoms with E-state index in [1.54, 1.807) is 7.11 Å². The number of hydrogen-bond donors (Lipinski definition) is 1. The highest BCUT2D eigenvalue weighted by Crippen LogP contribution is 2.29. The molecule has 2 rings (SSSR count). The summed E-state index contributed by atoms with van der Waals surface area (Å²) in [6.07, 6.45) is 1.10. The largest absolute Gasteiger partial charge is 0.493 e. The van der Waals surface area contributed by atoms with Gasteiger partial charge in [-0.2, -0.15) is 5.10 Å². The third-order valence-corrected chi connectivity index (χ3v) is 2.71. The minimum absolute atomic E-state index is 0.453. The highest BCUT2D eigenvalue weighted by atomic mass is 16.5. The molecule has 0 amide bonds. The first-order chi connectivity index (χ1) is 9.83. The summed E-state index contributed by atoms with van der Waals surface area (Å²) in [4.78, 5) is 0. The first-order valence-electron chi connectivity index (χ1n) is 6.67. The number of benzene rings is 1. The van der Waals surface area contributed by atoms with Crippen LogP contribution in [0.25, 0.3) is 0 Å². The van der Waals surface area contributed by atoms with Crippen molar-refractivity contribution in [2.45, 2.75) is 19.9 Å². The van der Waals surface area contributed by atoms with E-state index < -0.39 is 0 Å². The van der Waals surface area contributed by atoms with Gasteiger partial charge in [0.25, 0.3) is 0 Å². The molecule has 0 saturated heterocycles. The van der Waals surface area contributed by atoms with E-state index in [-0.39, 0.29) is 0 Å². The van der Waals surface area contributed by atoms with Gasteiger partial charge >= 0.3 is 0 Å². The highest BCUT2D eigenvalue weighted by Gasteiger charge is 2.05. The van der Waals surface area contributed by atoms with E-state index in [4.69, 9.17) is 9.47 Å². The van der Waals surface area contributed by atoms with Crippen molar-refractivity contribution in [2.75, 3.05) is 13.7 Å². The molecule has 0 aliphatic heterocycles. The van der Waals surface area contributed by atoms with Crippen LogP contribution in [0.2, 0.25) is 0 Å². The fraction of sp³-hybridized carbons (Fsp3) is 0.333. The minimum Gasteiger partial charge on any atom is -0.493 e. The van der Waals surface area contributed by atoms with Crippen LogP contribution in [0.1, 0.15) is 19.0 Å². The van der Waals surface area contributed by atoms with E-state index in [1.807, 2.05) is 36.4 Å². The van der Waals surface area contributed by atoms with Crippen LogP contribution in [0, 0.1) is 0 Å². The predicted octanol–water partition coefficient (Wildman–Crippen LogP) is 2.78. The molecule has 0 aliphatic carbocycles. The number of nitrogens with one attached hydrogen (secondary N) is 1. The van der Waals surface area contributed by atoms with Crippen molar-refractivity contribution in [1.29, 1.82) is 0 Å². The molecule has 1 heterocycles. The van der Waals surface area contributed by atoms with Gasteiger partial charge in [-0.3, -0.25) is 0 Å². The molecule has 0 atom stereocenters. The molecule has 1 aromatic heterocycles. The molecule has 0 fully saturated rings. The standard InChI is InChI=1S/C15H19N3O2/c1-3-10-16-11-12-8-9-15(18-17-12)20-14-7-5-4-6-13(14)19-2/h4-9,16H,3,10-11H2,1-2H3. The van der Waals surface area contributed by atoms with Gasteiger partial charge < -0.3 is 14.8 Å². The summed E-state index contributed by atoms with van der Waals surface area (Å²) >= 11 is 0. The van der Waals surface area contributed by atoms with Crippen LogP contribution in [-0.4, -0.2) is 23.9 Å². The molecule has 0 saturated carbocycles. The summed E-state index contributed by atoms with van der Waals surface area (Å²) in [5, 5.41) is 11.5. The van der Waals surface area contributed by atoms with Crippen molar-refractivity contribution in [3.8, 4) is 17.4 Å². The van der Waals surface area contributed by atoms with Crippen LogP contribution < -0.4 is 14.8 Å². The Morgan fingerprint density at radius 1 is 1.05 bits per heavy atom. The number of aromatic nitrogens is 2. The van der Waals surface area contributed by atoms with Crippen LogP contribution in [0.15, 0.2) is 36.4 Å². The maximum atomic E-state index is 5.66. The monoisotopic (exact) mass is 273 g/mol. The molecule has 1 N–H and O–H groups in total. The van der Waals surface area contributed by atoms with E-state index in [1.165, 1.54) is 0 Å². The third-order valence-electron chi connectivity index (χ3n) is 2.71. The molecule has 1 aromatic carbocycles. The normalized spacial score (nSPS) is 10.3. The lowest BCUT2D eigenvalue weighted by atomic mass is 10.3. The highest BCUT2D eigenvalue weighted by molar-refractivity contribution is 5.41. The number of ether oxygens (including phenoxy) is 2. The Morgan fingerprint density at radius 3 is 2.50 bits per heavy atom. The van der Waals surface area contributed by atoms with Crippen molar-refractivity contribution in [3.63, 3.8) is 0 Å². The number of nitrogens with zero attached hydrogens (tertiary/aromatic N) is 2. The maximum absolute atomic E-state index is 5.66. The average molecular weight is 273 g/mol. The molecule has 5 heteroatoms. The zero-order chi connectivity index (χ0) is 14.2. The lowest BCUT2D eigenvalue weighted by Gasteiger charge is -2.09. The Hall–Kier alpha value is -2.14. The molecule has 5 nitrogen and oxygen atoms in total. The SMILES string of the molecule is CCCNCc1ccc(Oc2ccccc2OC)nn1. The van der Waals surface area contributed by atoms with Gasteiger partial charge in [0, 0.05) is 12.6 Å². The van der Waals surface area contributed by atoms with Crippen LogP contribution in [0.5, 0.6) is 17.4 Å². The summed E-state index contributed by atoms with van der Waals surface area (Å²) in [7, 11) is 1.61. The molecule has 0 spiro atoms. The van der Waals surface area contributed by atoms with Crippen molar-refractivity contribution >= 4 is 0 Å². The third kappa shape index (κ3) is 3.93. The molecular weight excluding hydrogens is 254 g/mol. The second-order valence-corrected chi connectivity index (χ2v) is 4.29. The van der Waals surface area contributed by atoms with Gasteiger partial charge in [-0.05, 0) is 31.2 Å². The van der Waals surface area contributed by atoms with Gasteiger partial charge in [-0.1, -0.05) is 19.1 Å². The average Bonchev–Trinajstić information content (AvgIpc) is 2.50. The van der Waals surface area contributed by atoms with Gasteiger partial charge in [0.15, 0.2) is 11.5 Å². The molecule has 106 valence electrons. The summed E-state index contributed by atoms with van der Waals surface area (Å²) in [6, 6.07) is 11.2. The molecule has 2 aromatic rings. The Bertz CT molecular complexity index is 529. The van der Waals surface area contributed by atoms with Gasteiger partial charge in [0.2, 0.25) is 5.88 Å². The Morgan fingerprint density at radius 2 is 1.85 bits per heavy atom. The lowest BCUT2D eigenvalue weighted by molar-refractivity contribution is 0.372. The Kier molecular flexibility index (Phi) is 5.32. The minimum atomic E-state index is 0.453. The van der Waals surface area contributed by atoms with Gasteiger partial charge in [0.05, 0.1) is 12.8 Å². The number of methoxy groups -OCH3 is 1. The van der Waals surface area contributed by atoms with Gasteiger partial charge in [-0.25, -0.2) is 0 Å². The van der Waals surface area contributed by atoms with Crippen molar-refractivity contribution in [2.24, 2.45) is 0 Å². The summed E-state index contributed by atoms with van der Waals surface area (Å²) in [5.41, 5.74) is 0.894. The lowest BCUT2D eigenvalue weighted by Crippen LogP contribution is -2.15. The zero-order valence-corrected chi connectivity index (χ0v) is 11.8. The van der Waals surface area contributed by atoms with Crippen molar-refractivity contribution in [3.05, 3.63) is 42.1 Å².